The lowest BCUT2D eigenvalue weighted by molar-refractivity contribution is 0.0504. The molecular weight excluding hydrogens is 375 g/mol. The summed E-state index contributed by atoms with van der Waals surface area (Å²) >= 11 is 12.2. The molecule has 1 amide bonds. The van der Waals surface area contributed by atoms with Gasteiger partial charge in [0, 0.05) is 6.54 Å². The van der Waals surface area contributed by atoms with E-state index in [1.807, 2.05) is 0 Å². The molecule has 0 spiro atoms. The van der Waals surface area contributed by atoms with Crippen LogP contribution in [-0.4, -0.2) is 32.4 Å². The van der Waals surface area contributed by atoms with Crippen molar-refractivity contribution in [1.29, 1.82) is 0 Å². The van der Waals surface area contributed by atoms with Crippen LogP contribution in [0.15, 0.2) is 18.2 Å². The van der Waals surface area contributed by atoms with Crippen molar-refractivity contribution in [3.8, 4) is 0 Å². The SMILES string of the molecule is CCS(=O)(=O)NCC(NC(=O)OC(C)(C)C)c1cccc(Cl)c1Cl. The van der Waals surface area contributed by atoms with Crippen molar-refractivity contribution in [2.75, 3.05) is 12.3 Å². The number of nitrogens with one attached hydrogen (secondary N) is 2. The molecule has 0 fully saturated rings. The van der Waals surface area contributed by atoms with Crippen LogP contribution in [0.4, 0.5) is 4.79 Å². The van der Waals surface area contributed by atoms with E-state index in [9.17, 15) is 13.2 Å². The van der Waals surface area contributed by atoms with Crippen LogP contribution in [0, 0.1) is 0 Å². The number of carbonyl (C=O) groups is 1. The Balaban J connectivity index is 3.03. The maximum atomic E-state index is 12.0. The molecule has 0 radical (unpaired) electrons. The average Bonchev–Trinajstić information content (AvgIpc) is 2.45. The van der Waals surface area contributed by atoms with Crippen molar-refractivity contribution in [3.63, 3.8) is 0 Å². The van der Waals surface area contributed by atoms with E-state index in [-0.39, 0.29) is 17.3 Å². The van der Waals surface area contributed by atoms with E-state index in [1.165, 1.54) is 6.92 Å². The highest BCUT2D eigenvalue weighted by Gasteiger charge is 2.24. The van der Waals surface area contributed by atoms with Gasteiger partial charge in [0.15, 0.2) is 0 Å². The van der Waals surface area contributed by atoms with Gasteiger partial charge >= 0.3 is 6.09 Å². The summed E-state index contributed by atoms with van der Waals surface area (Å²) in [5.74, 6) is -0.0740. The van der Waals surface area contributed by atoms with E-state index >= 15 is 0 Å². The maximum absolute atomic E-state index is 12.0. The van der Waals surface area contributed by atoms with Gasteiger partial charge in [0.25, 0.3) is 0 Å². The smallest absolute Gasteiger partial charge is 0.408 e. The molecule has 1 atom stereocenters. The summed E-state index contributed by atoms with van der Waals surface area (Å²) < 4.78 is 31.0. The zero-order valence-corrected chi connectivity index (χ0v) is 16.3. The molecule has 1 aromatic rings. The van der Waals surface area contributed by atoms with Gasteiger partial charge in [0.2, 0.25) is 10.0 Å². The number of benzene rings is 1. The predicted molar refractivity (Wildman–Crippen MR) is 96.0 cm³/mol. The van der Waals surface area contributed by atoms with Gasteiger partial charge in [-0.1, -0.05) is 35.3 Å². The summed E-state index contributed by atoms with van der Waals surface area (Å²) in [6, 6.07) is 4.21. The highest BCUT2D eigenvalue weighted by Crippen LogP contribution is 2.30. The third-order valence-electron chi connectivity index (χ3n) is 2.94. The van der Waals surface area contributed by atoms with Gasteiger partial charge in [-0.2, -0.15) is 0 Å². The summed E-state index contributed by atoms with van der Waals surface area (Å²) in [5.41, 5.74) is -0.191. The molecule has 1 rings (SSSR count). The van der Waals surface area contributed by atoms with E-state index in [2.05, 4.69) is 10.0 Å². The summed E-state index contributed by atoms with van der Waals surface area (Å²) in [6.45, 7) is 6.63. The number of hydrogen-bond donors (Lipinski definition) is 2. The number of alkyl carbamates (subject to hydrolysis) is 1. The van der Waals surface area contributed by atoms with Crippen molar-refractivity contribution in [2.45, 2.75) is 39.3 Å². The fourth-order valence-electron chi connectivity index (χ4n) is 1.79. The van der Waals surface area contributed by atoms with Gasteiger partial charge in [-0.3, -0.25) is 0 Å². The summed E-state index contributed by atoms with van der Waals surface area (Å²) in [4.78, 5) is 12.0. The van der Waals surface area contributed by atoms with Gasteiger partial charge in [0.05, 0.1) is 21.8 Å². The Morgan fingerprint density at radius 1 is 1.29 bits per heavy atom. The largest absolute Gasteiger partial charge is 0.444 e. The summed E-state index contributed by atoms with van der Waals surface area (Å²) in [7, 11) is -3.43. The second-order valence-electron chi connectivity index (χ2n) is 6.09. The van der Waals surface area contributed by atoms with Crippen LogP contribution in [0.2, 0.25) is 10.0 Å². The van der Waals surface area contributed by atoms with E-state index < -0.39 is 27.8 Å². The molecule has 2 N–H and O–H groups in total. The quantitative estimate of drug-likeness (QED) is 0.770. The Hall–Kier alpha value is -1.02. The number of sulfonamides is 1. The minimum Gasteiger partial charge on any atom is -0.444 e. The number of halogens is 2. The average molecular weight is 397 g/mol. The molecule has 0 aliphatic carbocycles. The fourth-order valence-corrected chi connectivity index (χ4v) is 2.85. The topological polar surface area (TPSA) is 84.5 Å². The molecule has 0 aliphatic rings. The molecule has 1 unspecified atom stereocenters. The predicted octanol–water partition coefficient (Wildman–Crippen LogP) is 3.50. The Bertz CT molecular complexity index is 687. The standard InChI is InChI=1S/C15H22Cl2N2O4S/c1-5-24(21,22)18-9-12(19-14(20)23-15(2,3)4)10-7-6-8-11(16)13(10)17/h6-8,12,18H,5,9H2,1-4H3,(H,19,20). The Morgan fingerprint density at radius 3 is 2.46 bits per heavy atom. The van der Waals surface area contributed by atoms with Gasteiger partial charge in [0.1, 0.15) is 5.60 Å². The van der Waals surface area contributed by atoms with E-state index in [1.54, 1.807) is 39.0 Å². The van der Waals surface area contributed by atoms with Crippen LogP contribution in [0.1, 0.15) is 39.3 Å². The first-order valence-corrected chi connectivity index (χ1v) is 9.76. The number of ether oxygens (including phenoxy) is 1. The van der Waals surface area contributed by atoms with Gasteiger partial charge in [-0.15, -0.1) is 0 Å². The number of hydrogen-bond acceptors (Lipinski definition) is 4. The summed E-state index contributed by atoms with van der Waals surface area (Å²) in [5, 5.41) is 3.18. The zero-order chi connectivity index (χ0) is 18.5. The lowest BCUT2D eigenvalue weighted by atomic mass is 10.1. The maximum Gasteiger partial charge on any atom is 0.408 e. The molecule has 24 heavy (non-hydrogen) atoms. The van der Waals surface area contributed by atoms with Gasteiger partial charge in [-0.05, 0) is 39.3 Å². The first kappa shape index (κ1) is 21.0. The third-order valence-corrected chi connectivity index (χ3v) is 5.14. The molecule has 0 heterocycles. The highest BCUT2D eigenvalue weighted by atomic mass is 35.5. The Morgan fingerprint density at radius 2 is 1.92 bits per heavy atom. The molecule has 1 aromatic carbocycles. The van der Waals surface area contributed by atoms with Crippen molar-refractivity contribution in [2.24, 2.45) is 0 Å². The zero-order valence-electron chi connectivity index (χ0n) is 14.0. The lowest BCUT2D eigenvalue weighted by Crippen LogP contribution is -2.40. The number of amides is 1. The molecule has 9 heteroatoms. The minimum atomic E-state index is -3.43. The van der Waals surface area contributed by atoms with Crippen molar-refractivity contribution >= 4 is 39.3 Å². The van der Waals surface area contributed by atoms with E-state index in [4.69, 9.17) is 27.9 Å². The first-order chi connectivity index (χ1) is 10.9. The molecule has 136 valence electrons. The molecule has 6 nitrogen and oxygen atoms in total. The van der Waals surface area contributed by atoms with Crippen LogP contribution in [-0.2, 0) is 14.8 Å². The van der Waals surface area contributed by atoms with Crippen LogP contribution >= 0.6 is 23.2 Å². The van der Waals surface area contributed by atoms with Gasteiger partial charge in [-0.25, -0.2) is 17.9 Å². The van der Waals surface area contributed by atoms with Crippen LogP contribution in [0.5, 0.6) is 0 Å². The second-order valence-corrected chi connectivity index (χ2v) is 8.97. The van der Waals surface area contributed by atoms with Crippen LogP contribution < -0.4 is 10.0 Å². The minimum absolute atomic E-state index is 0.0739. The second kappa shape index (κ2) is 8.38. The van der Waals surface area contributed by atoms with E-state index in [0.717, 1.165) is 0 Å². The third kappa shape index (κ3) is 6.84. The molecule has 0 bridgehead atoms. The Labute approximate surface area is 152 Å². The number of rotatable bonds is 6. The summed E-state index contributed by atoms with van der Waals surface area (Å²) in [6.07, 6.45) is -0.681. The first-order valence-electron chi connectivity index (χ1n) is 7.36. The number of carbonyl (C=O) groups excluding carboxylic acids is 1. The molecule has 0 aromatic heterocycles. The van der Waals surface area contributed by atoms with Crippen molar-refractivity contribution < 1.29 is 17.9 Å². The van der Waals surface area contributed by atoms with Gasteiger partial charge < -0.3 is 10.1 Å². The van der Waals surface area contributed by atoms with Crippen molar-refractivity contribution in [1.82, 2.24) is 10.0 Å². The monoisotopic (exact) mass is 396 g/mol. The molecular formula is C15H22Cl2N2O4S. The van der Waals surface area contributed by atoms with Crippen LogP contribution in [0.3, 0.4) is 0 Å². The molecule has 0 saturated carbocycles. The van der Waals surface area contributed by atoms with Crippen molar-refractivity contribution in [3.05, 3.63) is 33.8 Å². The van der Waals surface area contributed by atoms with Crippen LogP contribution in [0.25, 0.3) is 0 Å². The van der Waals surface area contributed by atoms with E-state index in [0.29, 0.717) is 10.6 Å². The molecule has 0 aliphatic heterocycles. The highest BCUT2D eigenvalue weighted by molar-refractivity contribution is 7.89. The molecule has 0 saturated heterocycles. The normalized spacial score (nSPS) is 13.4. The lowest BCUT2D eigenvalue weighted by Gasteiger charge is -2.24. The fraction of sp³-hybridized carbons (Fsp3) is 0.533. The Kier molecular flexibility index (Phi) is 7.34.